The van der Waals surface area contributed by atoms with Crippen LogP contribution in [0.1, 0.15) is 10.4 Å². The molecule has 0 aliphatic carbocycles. The number of amides is 1. The van der Waals surface area contributed by atoms with Gasteiger partial charge in [0.25, 0.3) is 5.91 Å². The maximum Gasteiger partial charge on any atom is 0.255 e. The van der Waals surface area contributed by atoms with Crippen molar-refractivity contribution in [3.8, 4) is 11.5 Å². The van der Waals surface area contributed by atoms with Gasteiger partial charge in [0.05, 0.1) is 0 Å². The van der Waals surface area contributed by atoms with E-state index in [4.69, 9.17) is 16.2 Å². The monoisotopic (exact) mass is 282 g/mol. The lowest BCUT2D eigenvalue weighted by atomic mass is 10.1. The van der Waals surface area contributed by atoms with Crippen LogP contribution >= 0.6 is 0 Å². The van der Waals surface area contributed by atoms with Crippen LogP contribution < -0.4 is 16.2 Å². The Hall–Kier alpha value is -2.70. The summed E-state index contributed by atoms with van der Waals surface area (Å²) in [5.74, 6) is -5.42. The van der Waals surface area contributed by atoms with E-state index in [2.05, 4.69) is 0 Å². The molecule has 2 aromatic carbocycles. The van der Waals surface area contributed by atoms with Crippen molar-refractivity contribution in [2.45, 2.75) is 0 Å². The molecule has 1 amide bonds. The number of carbonyl (C=O) groups is 1. The number of benzene rings is 2. The number of nitrogens with two attached hydrogens (primary N) is 2. The minimum Gasteiger partial charge on any atom is -0.450 e. The van der Waals surface area contributed by atoms with Crippen molar-refractivity contribution < 1.29 is 22.7 Å². The van der Waals surface area contributed by atoms with Crippen LogP contribution in [0.15, 0.2) is 30.3 Å². The first kappa shape index (κ1) is 13.7. The third-order valence-electron chi connectivity index (χ3n) is 2.45. The minimum absolute atomic E-state index is 0.137. The van der Waals surface area contributed by atoms with Crippen molar-refractivity contribution in [3.63, 3.8) is 0 Å². The van der Waals surface area contributed by atoms with E-state index in [0.717, 1.165) is 18.2 Å². The first-order valence-electron chi connectivity index (χ1n) is 5.41. The second kappa shape index (κ2) is 5.12. The van der Waals surface area contributed by atoms with Crippen LogP contribution in [0.25, 0.3) is 0 Å². The molecule has 20 heavy (non-hydrogen) atoms. The Morgan fingerprint density at radius 2 is 1.65 bits per heavy atom. The Balaban J connectivity index is 2.51. The van der Waals surface area contributed by atoms with Crippen molar-refractivity contribution in [2.24, 2.45) is 5.73 Å². The lowest BCUT2D eigenvalue weighted by molar-refractivity contribution is 0.0994. The largest absolute Gasteiger partial charge is 0.450 e. The lowest BCUT2D eigenvalue weighted by Gasteiger charge is -2.11. The molecule has 0 saturated carbocycles. The molecule has 104 valence electrons. The van der Waals surface area contributed by atoms with E-state index in [9.17, 15) is 18.0 Å². The molecule has 0 radical (unpaired) electrons. The normalized spacial score (nSPS) is 10.3. The summed E-state index contributed by atoms with van der Waals surface area (Å²) in [5.41, 5.74) is 9.53. The van der Waals surface area contributed by atoms with Crippen molar-refractivity contribution in [3.05, 3.63) is 53.3 Å². The van der Waals surface area contributed by atoms with Gasteiger partial charge in [0.1, 0.15) is 17.1 Å². The summed E-state index contributed by atoms with van der Waals surface area (Å²) in [4.78, 5) is 11.2. The van der Waals surface area contributed by atoms with Crippen molar-refractivity contribution in [1.29, 1.82) is 0 Å². The molecule has 4 nitrogen and oxygen atoms in total. The molecule has 0 fully saturated rings. The van der Waals surface area contributed by atoms with Gasteiger partial charge in [0.15, 0.2) is 17.4 Å². The van der Waals surface area contributed by atoms with Gasteiger partial charge in [-0.1, -0.05) is 6.07 Å². The zero-order valence-corrected chi connectivity index (χ0v) is 9.99. The summed E-state index contributed by atoms with van der Waals surface area (Å²) in [6.07, 6.45) is 0. The average molecular weight is 282 g/mol. The Morgan fingerprint density at radius 3 is 2.20 bits per heavy atom. The van der Waals surface area contributed by atoms with Crippen LogP contribution in [-0.2, 0) is 0 Å². The molecule has 0 saturated heterocycles. The van der Waals surface area contributed by atoms with Crippen LogP contribution in [0.2, 0.25) is 0 Å². The highest BCUT2D eigenvalue weighted by Gasteiger charge is 2.19. The van der Waals surface area contributed by atoms with E-state index < -0.39 is 34.7 Å². The molecular weight excluding hydrogens is 273 g/mol. The molecule has 0 aromatic heterocycles. The fraction of sp³-hybridized carbons (Fsp3) is 0. The Morgan fingerprint density at radius 1 is 1.05 bits per heavy atom. The summed E-state index contributed by atoms with van der Waals surface area (Å²) in [6, 6.07) is 5.02. The molecule has 0 aliphatic heterocycles. The van der Waals surface area contributed by atoms with Gasteiger partial charge in [-0.15, -0.1) is 0 Å². The molecule has 0 spiro atoms. The molecule has 0 heterocycles. The van der Waals surface area contributed by atoms with Gasteiger partial charge in [-0.25, -0.2) is 13.2 Å². The summed E-state index contributed by atoms with van der Waals surface area (Å²) in [6.45, 7) is 0. The van der Waals surface area contributed by atoms with E-state index in [-0.39, 0.29) is 11.4 Å². The number of anilines is 1. The zero-order chi connectivity index (χ0) is 14.9. The second-order valence-corrected chi connectivity index (χ2v) is 3.89. The zero-order valence-electron chi connectivity index (χ0n) is 9.99. The predicted octanol–water partition coefficient (Wildman–Crippen LogP) is 2.58. The maximum atomic E-state index is 13.6. The molecule has 2 aromatic rings. The number of nitrogen functional groups attached to an aromatic ring is 1. The van der Waals surface area contributed by atoms with Gasteiger partial charge < -0.3 is 16.2 Å². The SMILES string of the molecule is NC(=O)c1c(F)cccc1Oc1c(F)cc(N)cc1F. The summed E-state index contributed by atoms with van der Waals surface area (Å²) in [5, 5.41) is 0. The third-order valence-corrected chi connectivity index (χ3v) is 2.45. The van der Waals surface area contributed by atoms with Gasteiger partial charge in [-0.2, -0.15) is 0 Å². The summed E-state index contributed by atoms with van der Waals surface area (Å²) < 4.78 is 45.6. The number of hydrogen-bond donors (Lipinski definition) is 2. The van der Waals surface area contributed by atoms with E-state index >= 15 is 0 Å². The standard InChI is InChI=1S/C13H9F3N2O2/c14-7-2-1-3-10(11(7)13(18)19)20-12-8(15)4-6(17)5-9(12)16/h1-5H,17H2,(H2,18,19). The highest BCUT2D eigenvalue weighted by Crippen LogP contribution is 2.32. The molecule has 0 atom stereocenters. The van der Waals surface area contributed by atoms with Gasteiger partial charge in [-0.05, 0) is 12.1 Å². The third kappa shape index (κ3) is 2.51. The smallest absolute Gasteiger partial charge is 0.255 e. The fourth-order valence-corrected chi connectivity index (χ4v) is 1.62. The number of primary amides is 1. The topological polar surface area (TPSA) is 78.3 Å². The predicted molar refractivity (Wildman–Crippen MR) is 65.8 cm³/mol. The molecule has 4 N–H and O–H groups in total. The van der Waals surface area contributed by atoms with Gasteiger partial charge in [0, 0.05) is 17.8 Å². The van der Waals surface area contributed by atoms with Crippen molar-refractivity contribution >= 4 is 11.6 Å². The highest BCUT2D eigenvalue weighted by molar-refractivity contribution is 5.96. The number of ether oxygens (including phenoxy) is 1. The average Bonchev–Trinajstić information content (AvgIpc) is 2.33. The van der Waals surface area contributed by atoms with E-state index in [0.29, 0.717) is 0 Å². The fourth-order valence-electron chi connectivity index (χ4n) is 1.62. The quantitative estimate of drug-likeness (QED) is 0.849. The number of rotatable bonds is 3. The van der Waals surface area contributed by atoms with E-state index in [1.165, 1.54) is 12.1 Å². The van der Waals surface area contributed by atoms with Gasteiger partial charge in [-0.3, -0.25) is 4.79 Å². The lowest BCUT2D eigenvalue weighted by Crippen LogP contribution is -2.14. The van der Waals surface area contributed by atoms with Crippen LogP contribution in [0.4, 0.5) is 18.9 Å². The highest BCUT2D eigenvalue weighted by atomic mass is 19.1. The summed E-state index contributed by atoms with van der Waals surface area (Å²) >= 11 is 0. The first-order valence-corrected chi connectivity index (χ1v) is 5.41. The Kier molecular flexibility index (Phi) is 3.51. The number of hydrogen-bond acceptors (Lipinski definition) is 3. The van der Waals surface area contributed by atoms with Crippen LogP contribution in [0.5, 0.6) is 11.5 Å². The Bertz CT molecular complexity index is 666. The molecular formula is C13H9F3N2O2. The van der Waals surface area contributed by atoms with Crippen molar-refractivity contribution in [2.75, 3.05) is 5.73 Å². The van der Waals surface area contributed by atoms with Gasteiger partial charge >= 0.3 is 0 Å². The molecule has 2 rings (SSSR count). The number of halogens is 3. The minimum atomic E-state index is -1.12. The van der Waals surface area contributed by atoms with Gasteiger partial charge in [0.2, 0.25) is 0 Å². The number of carbonyl (C=O) groups excluding carboxylic acids is 1. The molecule has 0 unspecified atom stereocenters. The van der Waals surface area contributed by atoms with Crippen LogP contribution in [0, 0.1) is 17.5 Å². The molecule has 0 aliphatic rings. The van der Waals surface area contributed by atoms with E-state index in [1.807, 2.05) is 0 Å². The van der Waals surface area contributed by atoms with Crippen LogP contribution in [-0.4, -0.2) is 5.91 Å². The van der Waals surface area contributed by atoms with Crippen LogP contribution in [0.3, 0.4) is 0 Å². The maximum absolute atomic E-state index is 13.6. The molecule has 7 heteroatoms. The second-order valence-electron chi connectivity index (χ2n) is 3.89. The van der Waals surface area contributed by atoms with E-state index in [1.54, 1.807) is 0 Å². The van der Waals surface area contributed by atoms with Crippen molar-refractivity contribution in [1.82, 2.24) is 0 Å². The first-order chi connectivity index (χ1) is 9.40. The summed E-state index contributed by atoms with van der Waals surface area (Å²) in [7, 11) is 0. The molecule has 0 bridgehead atoms. The Labute approximate surface area is 111 Å².